The predicted molar refractivity (Wildman–Crippen MR) is 123 cm³/mol. The third-order valence-electron chi connectivity index (χ3n) is 4.60. The van der Waals surface area contributed by atoms with Gasteiger partial charge in [-0.25, -0.2) is 9.38 Å². The summed E-state index contributed by atoms with van der Waals surface area (Å²) in [5, 5.41) is 5.77. The van der Waals surface area contributed by atoms with Gasteiger partial charge in [0.1, 0.15) is 5.82 Å². The Morgan fingerprint density at radius 3 is 2.35 bits per heavy atom. The summed E-state index contributed by atoms with van der Waals surface area (Å²) in [5.41, 5.74) is 3.06. The summed E-state index contributed by atoms with van der Waals surface area (Å²) in [4.78, 5) is 21.3. The number of rotatable bonds is 4. The number of aromatic nitrogens is 1. The van der Waals surface area contributed by atoms with E-state index >= 15 is 0 Å². The number of pyridine rings is 1. The van der Waals surface area contributed by atoms with E-state index in [2.05, 4.69) is 41.4 Å². The second-order valence-corrected chi connectivity index (χ2v) is 8.46. The van der Waals surface area contributed by atoms with E-state index in [4.69, 9.17) is 11.6 Å². The van der Waals surface area contributed by atoms with Gasteiger partial charge >= 0.3 is 0 Å². The Labute approximate surface area is 186 Å². The fourth-order valence-electron chi connectivity index (χ4n) is 2.78. The van der Waals surface area contributed by atoms with Gasteiger partial charge in [0, 0.05) is 23.6 Å². The molecule has 0 bridgehead atoms. The lowest BCUT2D eigenvalue weighted by molar-refractivity contribution is 0.0977. The Morgan fingerprint density at radius 2 is 1.74 bits per heavy atom. The molecule has 3 aromatic rings. The zero-order valence-corrected chi connectivity index (χ0v) is 18.4. The van der Waals surface area contributed by atoms with E-state index in [1.54, 1.807) is 24.5 Å². The van der Waals surface area contributed by atoms with Crippen molar-refractivity contribution in [3.05, 3.63) is 94.5 Å². The van der Waals surface area contributed by atoms with Gasteiger partial charge in [-0.15, -0.1) is 0 Å². The number of carbonyl (C=O) groups is 1. The molecule has 160 valence electrons. The highest BCUT2D eigenvalue weighted by molar-refractivity contribution is 6.31. The van der Waals surface area contributed by atoms with Gasteiger partial charge in [0.05, 0.1) is 11.6 Å². The minimum Gasteiger partial charge on any atom is -0.326 e. The first-order valence-electron chi connectivity index (χ1n) is 9.80. The van der Waals surface area contributed by atoms with Gasteiger partial charge < -0.3 is 5.32 Å². The van der Waals surface area contributed by atoms with Crippen LogP contribution < -0.4 is 10.6 Å². The third-order valence-corrected chi connectivity index (χ3v) is 4.89. The summed E-state index contributed by atoms with van der Waals surface area (Å²) in [5.74, 6) is -0.607. The molecule has 31 heavy (non-hydrogen) atoms. The SMILES string of the molecule is CC(C)(C)c1ccc(C(=O)NC(=NCc2ccncc2)Nc2ccc(F)c(Cl)c2)cc1. The number of halogens is 2. The number of benzene rings is 2. The van der Waals surface area contributed by atoms with Crippen LogP contribution in [0.4, 0.5) is 10.1 Å². The van der Waals surface area contributed by atoms with Gasteiger partial charge in [0.15, 0.2) is 0 Å². The molecule has 1 amide bonds. The van der Waals surface area contributed by atoms with Crippen LogP contribution in [0.5, 0.6) is 0 Å². The van der Waals surface area contributed by atoms with Gasteiger partial charge in [0.2, 0.25) is 5.96 Å². The average molecular weight is 439 g/mol. The molecular weight excluding hydrogens is 415 g/mol. The summed E-state index contributed by atoms with van der Waals surface area (Å²) in [7, 11) is 0. The molecule has 1 aromatic heterocycles. The number of carbonyl (C=O) groups excluding carboxylic acids is 1. The lowest BCUT2D eigenvalue weighted by atomic mass is 9.87. The number of hydrogen-bond acceptors (Lipinski definition) is 3. The first kappa shape index (κ1) is 22.4. The zero-order valence-electron chi connectivity index (χ0n) is 17.6. The molecule has 3 rings (SSSR count). The number of anilines is 1. The summed E-state index contributed by atoms with van der Waals surface area (Å²) < 4.78 is 13.5. The third kappa shape index (κ3) is 6.36. The molecule has 7 heteroatoms. The monoisotopic (exact) mass is 438 g/mol. The van der Waals surface area contributed by atoms with Crippen LogP contribution in [0.15, 0.2) is 72.0 Å². The van der Waals surface area contributed by atoms with Crippen molar-refractivity contribution in [2.45, 2.75) is 32.7 Å². The van der Waals surface area contributed by atoms with E-state index < -0.39 is 5.82 Å². The maximum atomic E-state index is 13.5. The summed E-state index contributed by atoms with van der Waals surface area (Å²) in [6.45, 7) is 6.67. The Hall–Kier alpha value is -3.25. The number of nitrogens with zero attached hydrogens (tertiary/aromatic N) is 2. The molecule has 2 aromatic carbocycles. The summed E-state index contributed by atoms with van der Waals surface area (Å²) in [6.07, 6.45) is 3.35. The molecule has 0 atom stereocenters. The normalized spacial score (nSPS) is 11.8. The van der Waals surface area contributed by atoms with Gasteiger partial charge in [-0.3, -0.25) is 15.1 Å². The van der Waals surface area contributed by atoms with Crippen LogP contribution >= 0.6 is 11.6 Å². The molecule has 2 N–H and O–H groups in total. The van der Waals surface area contributed by atoms with E-state index in [0.29, 0.717) is 17.8 Å². The van der Waals surface area contributed by atoms with Crippen molar-refractivity contribution in [2.75, 3.05) is 5.32 Å². The standard InChI is InChI=1S/C24H24ClFN4O/c1-24(2,3)18-6-4-17(5-7-18)22(31)30-23(28-15-16-10-12-27-13-11-16)29-19-8-9-21(26)20(25)14-19/h4-14H,15H2,1-3H3,(H2,28,29,30,31). The van der Waals surface area contributed by atoms with Gasteiger partial charge in [-0.1, -0.05) is 44.5 Å². The predicted octanol–water partition coefficient (Wildman–Crippen LogP) is 5.57. The van der Waals surface area contributed by atoms with Crippen LogP contribution in [0.1, 0.15) is 42.3 Å². The number of aliphatic imine (C=N–C) groups is 1. The number of amides is 1. The number of hydrogen-bond donors (Lipinski definition) is 2. The quantitative estimate of drug-likeness (QED) is 0.413. The average Bonchev–Trinajstić information content (AvgIpc) is 2.75. The Balaban J connectivity index is 1.81. The minimum absolute atomic E-state index is 0.00439. The second-order valence-electron chi connectivity index (χ2n) is 8.06. The summed E-state index contributed by atoms with van der Waals surface area (Å²) >= 11 is 5.87. The van der Waals surface area contributed by atoms with Crippen molar-refractivity contribution in [1.29, 1.82) is 0 Å². The lowest BCUT2D eigenvalue weighted by Gasteiger charge is -2.19. The zero-order chi connectivity index (χ0) is 22.4. The smallest absolute Gasteiger partial charge is 0.257 e. The van der Waals surface area contributed by atoms with Gasteiger partial charge in [-0.05, 0) is 59.0 Å². The van der Waals surface area contributed by atoms with E-state index in [-0.39, 0.29) is 22.3 Å². The largest absolute Gasteiger partial charge is 0.326 e. The molecular formula is C24H24ClFN4O. The first-order valence-corrected chi connectivity index (χ1v) is 10.2. The molecule has 5 nitrogen and oxygen atoms in total. The van der Waals surface area contributed by atoms with Crippen molar-refractivity contribution in [3.63, 3.8) is 0 Å². The number of nitrogens with one attached hydrogen (secondary N) is 2. The summed E-state index contributed by atoms with van der Waals surface area (Å²) in [6, 6.07) is 15.3. The highest BCUT2D eigenvalue weighted by atomic mass is 35.5. The molecule has 0 aliphatic rings. The van der Waals surface area contributed by atoms with Crippen LogP contribution in [-0.4, -0.2) is 16.9 Å². The Kier molecular flexibility index (Phi) is 7.02. The van der Waals surface area contributed by atoms with Crippen LogP contribution in [0.25, 0.3) is 0 Å². The second kappa shape index (κ2) is 9.71. The van der Waals surface area contributed by atoms with Crippen LogP contribution in [0, 0.1) is 5.82 Å². The maximum absolute atomic E-state index is 13.5. The van der Waals surface area contributed by atoms with E-state index in [1.165, 1.54) is 18.2 Å². The fourth-order valence-corrected chi connectivity index (χ4v) is 2.96. The molecule has 0 spiro atoms. The van der Waals surface area contributed by atoms with Crippen molar-refractivity contribution < 1.29 is 9.18 Å². The van der Waals surface area contributed by atoms with Crippen molar-refractivity contribution >= 4 is 29.2 Å². The van der Waals surface area contributed by atoms with E-state index in [9.17, 15) is 9.18 Å². The maximum Gasteiger partial charge on any atom is 0.257 e. The minimum atomic E-state index is -0.523. The van der Waals surface area contributed by atoms with Gasteiger partial charge in [-0.2, -0.15) is 0 Å². The molecule has 0 aliphatic heterocycles. The van der Waals surface area contributed by atoms with Crippen molar-refractivity contribution in [2.24, 2.45) is 4.99 Å². The Morgan fingerprint density at radius 1 is 1.06 bits per heavy atom. The Bertz CT molecular complexity index is 1080. The lowest BCUT2D eigenvalue weighted by Crippen LogP contribution is -2.36. The highest BCUT2D eigenvalue weighted by Crippen LogP contribution is 2.22. The molecule has 0 saturated carbocycles. The van der Waals surface area contributed by atoms with E-state index in [1.807, 2.05) is 24.3 Å². The molecule has 0 unspecified atom stereocenters. The van der Waals surface area contributed by atoms with E-state index in [0.717, 1.165) is 11.1 Å². The topological polar surface area (TPSA) is 66.4 Å². The van der Waals surface area contributed by atoms with Crippen molar-refractivity contribution in [1.82, 2.24) is 10.3 Å². The van der Waals surface area contributed by atoms with Crippen molar-refractivity contribution in [3.8, 4) is 0 Å². The van der Waals surface area contributed by atoms with Gasteiger partial charge in [0.25, 0.3) is 5.91 Å². The molecule has 1 heterocycles. The van der Waals surface area contributed by atoms with Crippen LogP contribution in [0.2, 0.25) is 5.02 Å². The highest BCUT2D eigenvalue weighted by Gasteiger charge is 2.15. The molecule has 0 radical (unpaired) electrons. The fraction of sp³-hybridized carbons (Fsp3) is 0.208. The number of guanidine groups is 1. The van der Waals surface area contributed by atoms with Crippen LogP contribution in [-0.2, 0) is 12.0 Å². The van der Waals surface area contributed by atoms with Crippen LogP contribution in [0.3, 0.4) is 0 Å². The first-order chi connectivity index (χ1) is 14.7. The molecule has 0 fully saturated rings. The molecule has 0 aliphatic carbocycles. The molecule has 0 saturated heterocycles.